The predicted octanol–water partition coefficient (Wildman–Crippen LogP) is -0.186. The number of piperazine rings is 1. The van der Waals surface area contributed by atoms with Gasteiger partial charge in [0.25, 0.3) is 0 Å². The van der Waals surface area contributed by atoms with E-state index in [1.165, 1.54) is 0 Å². The van der Waals surface area contributed by atoms with Gasteiger partial charge in [0.2, 0.25) is 5.91 Å². The Labute approximate surface area is 109 Å². The lowest BCUT2D eigenvalue weighted by molar-refractivity contribution is -0.136. The van der Waals surface area contributed by atoms with Gasteiger partial charge in [0.15, 0.2) is 0 Å². The number of ketones is 1. The summed E-state index contributed by atoms with van der Waals surface area (Å²) in [6.07, 6.45) is 1.07. The molecule has 2 fully saturated rings. The number of likely N-dealkylation sites (N-methyl/N-ethyl adjacent to an activating group) is 1. The third kappa shape index (κ3) is 3.29. The van der Waals surface area contributed by atoms with E-state index < -0.39 is 0 Å². The molecular weight excluding hydrogens is 230 g/mol. The van der Waals surface area contributed by atoms with Crippen LogP contribution in [-0.2, 0) is 9.59 Å². The molecule has 2 heterocycles. The maximum absolute atomic E-state index is 12.1. The van der Waals surface area contributed by atoms with E-state index in [4.69, 9.17) is 0 Å². The molecule has 1 amide bonds. The number of hydrogen-bond acceptors (Lipinski definition) is 4. The summed E-state index contributed by atoms with van der Waals surface area (Å²) < 4.78 is 0. The molecule has 0 saturated carbocycles. The maximum atomic E-state index is 12.1. The van der Waals surface area contributed by atoms with E-state index >= 15 is 0 Å². The Morgan fingerprint density at radius 3 is 2.50 bits per heavy atom. The van der Waals surface area contributed by atoms with Gasteiger partial charge in [-0.2, -0.15) is 0 Å². The molecule has 0 spiro atoms. The molecule has 18 heavy (non-hydrogen) atoms. The molecule has 0 aromatic rings. The largest absolute Gasteiger partial charge is 0.341 e. The van der Waals surface area contributed by atoms with Gasteiger partial charge in [0.05, 0.1) is 6.54 Å². The predicted molar refractivity (Wildman–Crippen MR) is 69.4 cm³/mol. The van der Waals surface area contributed by atoms with Crippen LogP contribution in [0.3, 0.4) is 0 Å². The monoisotopic (exact) mass is 253 g/mol. The number of likely N-dealkylation sites (tertiary alicyclic amines) is 1. The van der Waals surface area contributed by atoms with Crippen LogP contribution in [0, 0.1) is 0 Å². The molecule has 0 N–H and O–H groups in total. The SMILES string of the molecule is CC1CN(CC(=O)N2CCC(=O)CC2)CCN1C. The summed E-state index contributed by atoms with van der Waals surface area (Å²) in [5, 5.41) is 0. The second kappa shape index (κ2) is 5.80. The number of nitrogens with zero attached hydrogens (tertiary/aromatic N) is 3. The van der Waals surface area contributed by atoms with Gasteiger partial charge in [-0.05, 0) is 14.0 Å². The van der Waals surface area contributed by atoms with Crippen molar-refractivity contribution in [3.8, 4) is 0 Å². The first-order valence-electron chi connectivity index (χ1n) is 6.78. The van der Waals surface area contributed by atoms with Crippen LogP contribution in [0.15, 0.2) is 0 Å². The average Bonchev–Trinajstić information content (AvgIpc) is 2.34. The molecule has 2 aliphatic heterocycles. The zero-order valence-electron chi connectivity index (χ0n) is 11.4. The van der Waals surface area contributed by atoms with Crippen molar-refractivity contribution >= 4 is 11.7 Å². The van der Waals surface area contributed by atoms with Gasteiger partial charge < -0.3 is 9.80 Å². The second-order valence-corrected chi connectivity index (χ2v) is 5.48. The fourth-order valence-corrected chi connectivity index (χ4v) is 2.56. The minimum Gasteiger partial charge on any atom is -0.341 e. The molecule has 1 unspecified atom stereocenters. The third-order valence-electron chi connectivity index (χ3n) is 4.08. The molecule has 2 rings (SSSR count). The van der Waals surface area contributed by atoms with E-state index in [1.54, 1.807) is 0 Å². The highest BCUT2D eigenvalue weighted by molar-refractivity contribution is 5.84. The summed E-state index contributed by atoms with van der Waals surface area (Å²) in [5.74, 6) is 0.464. The first kappa shape index (κ1) is 13.5. The zero-order chi connectivity index (χ0) is 13.1. The molecule has 0 bridgehead atoms. The number of carbonyl (C=O) groups is 2. The number of carbonyl (C=O) groups excluding carboxylic acids is 2. The van der Waals surface area contributed by atoms with Crippen LogP contribution < -0.4 is 0 Å². The van der Waals surface area contributed by atoms with E-state index in [1.807, 2.05) is 4.90 Å². The quantitative estimate of drug-likeness (QED) is 0.684. The van der Waals surface area contributed by atoms with E-state index in [0.717, 1.165) is 19.6 Å². The van der Waals surface area contributed by atoms with Crippen molar-refractivity contribution in [3.05, 3.63) is 0 Å². The molecular formula is C13H23N3O2. The number of hydrogen-bond donors (Lipinski definition) is 0. The van der Waals surface area contributed by atoms with Crippen LogP contribution in [-0.4, -0.2) is 78.7 Å². The zero-order valence-corrected chi connectivity index (χ0v) is 11.4. The first-order chi connectivity index (χ1) is 8.56. The van der Waals surface area contributed by atoms with Crippen LogP contribution in [0.5, 0.6) is 0 Å². The Bertz CT molecular complexity index is 322. The minimum absolute atomic E-state index is 0.180. The van der Waals surface area contributed by atoms with Crippen molar-refractivity contribution in [1.29, 1.82) is 0 Å². The molecule has 102 valence electrons. The molecule has 2 saturated heterocycles. The Morgan fingerprint density at radius 1 is 1.22 bits per heavy atom. The van der Waals surface area contributed by atoms with Crippen molar-refractivity contribution < 1.29 is 9.59 Å². The third-order valence-corrected chi connectivity index (χ3v) is 4.08. The van der Waals surface area contributed by atoms with Crippen molar-refractivity contribution in [3.63, 3.8) is 0 Å². The van der Waals surface area contributed by atoms with E-state index in [-0.39, 0.29) is 11.7 Å². The van der Waals surface area contributed by atoms with Crippen LogP contribution >= 0.6 is 0 Å². The van der Waals surface area contributed by atoms with Crippen molar-refractivity contribution in [2.45, 2.75) is 25.8 Å². The summed E-state index contributed by atoms with van der Waals surface area (Å²) >= 11 is 0. The number of amides is 1. The Morgan fingerprint density at radius 2 is 1.89 bits per heavy atom. The summed E-state index contributed by atoms with van der Waals surface area (Å²) in [6, 6.07) is 0.509. The fourth-order valence-electron chi connectivity index (χ4n) is 2.56. The van der Waals surface area contributed by atoms with Gasteiger partial charge in [-0.3, -0.25) is 14.5 Å². The Hall–Kier alpha value is -0.940. The molecule has 1 atom stereocenters. The topological polar surface area (TPSA) is 43.9 Å². The summed E-state index contributed by atoms with van der Waals surface area (Å²) in [5.41, 5.74) is 0. The van der Waals surface area contributed by atoms with Crippen LogP contribution in [0.25, 0.3) is 0 Å². The van der Waals surface area contributed by atoms with Gasteiger partial charge in [0, 0.05) is 51.6 Å². The molecule has 2 aliphatic rings. The second-order valence-electron chi connectivity index (χ2n) is 5.48. The lowest BCUT2D eigenvalue weighted by Crippen LogP contribution is -2.53. The number of Topliss-reactive ketones (excluding diaryl/α,β-unsaturated/α-hetero) is 1. The summed E-state index contributed by atoms with van der Waals surface area (Å²) in [6.45, 7) is 6.85. The Balaban J connectivity index is 1.79. The van der Waals surface area contributed by atoms with Gasteiger partial charge in [-0.25, -0.2) is 0 Å². The number of piperidine rings is 1. The van der Waals surface area contributed by atoms with E-state index in [9.17, 15) is 9.59 Å². The molecule has 0 aromatic heterocycles. The summed E-state index contributed by atoms with van der Waals surface area (Å²) in [4.78, 5) is 29.7. The smallest absolute Gasteiger partial charge is 0.236 e. The van der Waals surface area contributed by atoms with Gasteiger partial charge in [-0.15, -0.1) is 0 Å². The highest BCUT2D eigenvalue weighted by atomic mass is 16.2. The van der Waals surface area contributed by atoms with Gasteiger partial charge in [0.1, 0.15) is 5.78 Å². The molecule has 0 radical (unpaired) electrons. The van der Waals surface area contributed by atoms with E-state index in [0.29, 0.717) is 38.5 Å². The van der Waals surface area contributed by atoms with E-state index in [2.05, 4.69) is 23.8 Å². The summed E-state index contributed by atoms with van der Waals surface area (Å²) in [7, 11) is 2.13. The normalized spacial score (nSPS) is 27.6. The van der Waals surface area contributed by atoms with Gasteiger partial charge >= 0.3 is 0 Å². The highest BCUT2D eigenvalue weighted by Gasteiger charge is 2.26. The molecule has 0 aliphatic carbocycles. The molecule has 0 aromatic carbocycles. The minimum atomic E-state index is 0.180. The van der Waals surface area contributed by atoms with Crippen LogP contribution in [0.1, 0.15) is 19.8 Å². The highest BCUT2D eigenvalue weighted by Crippen LogP contribution is 2.10. The fraction of sp³-hybridized carbons (Fsp3) is 0.846. The lowest BCUT2D eigenvalue weighted by Gasteiger charge is -2.38. The number of rotatable bonds is 2. The van der Waals surface area contributed by atoms with Crippen LogP contribution in [0.4, 0.5) is 0 Å². The Kier molecular flexibility index (Phi) is 4.35. The average molecular weight is 253 g/mol. The van der Waals surface area contributed by atoms with Crippen LogP contribution in [0.2, 0.25) is 0 Å². The first-order valence-corrected chi connectivity index (χ1v) is 6.78. The molecule has 5 nitrogen and oxygen atoms in total. The lowest BCUT2D eigenvalue weighted by atomic mass is 10.1. The van der Waals surface area contributed by atoms with Gasteiger partial charge in [-0.1, -0.05) is 0 Å². The van der Waals surface area contributed by atoms with Crippen molar-refractivity contribution in [2.75, 3.05) is 46.3 Å². The standard InChI is InChI=1S/C13H23N3O2/c1-11-9-15(8-7-14(11)2)10-13(18)16-5-3-12(17)4-6-16/h11H,3-10H2,1-2H3. The van der Waals surface area contributed by atoms with Crippen molar-refractivity contribution in [2.24, 2.45) is 0 Å². The maximum Gasteiger partial charge on any atom is 0.236 e. The van der Waals surface area contributed by atoms with Crippen molar-refractivity contribution in [1.82, 2.24) is 14.7 Å². The molecule has 5 heteroatoms.